The smallest absolute Gasteiger partial charge is 0.259 e. The molecule has 1 aromatic heterocycles. The van der Waals surface area contributed by atoms with E-state index in [2.05, 4.69) is 16.2 Å². The minimum absolute atomic E-state index is 0.281. The van der Waals surface area contributed by atoms with E-state index in [1.54, 1.807) is 11.8 Å². The largest absolute Gasteiger partial charge is 0.381 e. The van der Waals surface area contributed by atoms with Gasteiger partial charge in [-0.3, -0.25) is 0 Å². The van der Waals surface area contributed by atoms with E-state index in [1.807, 2.05) is 24.5 Å². The molecule has 0 amide bonds. The minimum Gasteiger partial charge on any atom is -0.381 e. The van der Waals surface area contributed by atoms with Crippen molar-refractivity contribution in [2.24, 2.45) is 0 Å². The molecule has 0 bridgehead atoms. The Morgan fingerprint density at radius 3 is 3.00 bits per heavy atom. The highest BCUT2D eigenvalue weighted by atomic mass is 32.2. The fraction of sp³-hybridized carbons (Fsp3) is 0.385. The summed E-state index contributed by atoms with van der Waals surface area (Å²) in [6, 6.07) is 8.06. The monoisotopic (exact) mass is 262 g/mol. The van der Waals surface area contributed by atoms with E-state index in [0.717, 1.165) is 29.3 Å². The lowest BCUT2D eigenvalue weighted by Crippen LogP contribution is -1.99. The van der Waals surface area contributed by atoms with E-state index >= 15 is 0 Å². The normalized spacial score (nSPS) is 19.3. The molecular weight excluding hydrogens is 248 g/mol. The third-order valence-corrected chi connectivity index (χ3v) is 3.87. The minimum atomic E-state index is 0.281. The van der Waals surface area contributed by atoms with Gasteiger partial charge in [0.05, 0.1) is 12.2 Å². The Labute approximate surface area is 110 Å². The molecule has 0 aliphatic carbocycles. The van der Waals surface area contributed by atoms with Crippen LogP contribution in [0.5, 0.6) is 0 Å². The third-order valence-electron chi connectivity index (χ3n) is 3.07. The summed E-state index contributed by atoms with van der Waals surface area (Å²) in [6.07, 6.45) is 3.02. The summed E-state index contributed by atoms with van der Waals surface area (Å²) in [4.78, 5) is 5.65. The number of aromatic nitrogens is 2. The molecule has 94 valence electrons. The summed E-state index contributed by atoms with van der Waals surface area (Å²) in [5, 5.41) is 4.07. The zero-order chi connectivity index (χ0) is 12.4. The molecule has 1 aromatic carbocycles. The summed E-state index contributed by atoms with van der Waals surface area (Å²) in [6.45, 7) is 1.49. The molecule has 1 aliphatic heterocycles. The van der Waals surface area contributed by atoms with Crippen LogP contribution in [0.1, 0.15) is 18.2 Å². The molecule has 0 spiro atoms. The number of hydrogen-bond donors (Lipinski definition) is 0. The molecule has 0 radical (unpaired) electrons. The van der Waals surface area contributed by atoms with Crippen molar-refractivity contribution in [1.29, 1.82) is 0 Å². The predicted octanol–water partition coefficient (Wildman–Crippen LogP) is 2.96. The zero-order valence-electron chi connectivity index (χ0n) is 10.1. The molecule has 0 unspecified atom stereocenters. The first kappa shape index (κ1) is 11.7. The Morgan fingerprint density at radius 1 is 1.33 bits per heavy atom. The van der Waals surface area contributed by atoms with Crippen molar-refractivity contribution in [3.63, 3.8) is 0 Å². The second kappa shape index (κ2) is 5.12. The fourth-order valence-electron chi connectivity index (χ4n) is 2.07. The van der Waals surface area contributed by atoms with Gasteiger partial charge in [0, 0.05) is 17.4 Å². The van der Waals surface area contributed by atoms with Crippen molar-refractivity contribution in [3.8, 4) is 11.5 Å². The van der Waals surface area contributed by atoms with E-state index in [4.69, 9.17) is 9.26 Å². The Hall–Kier alpha value is -1.33. The number of ether oxygens (including phenoxy) is 1. The standard InChI is InChI=1S/C13H14N2O2S/c1-18-11-5-3-2-4-10(11)13-14-12(15-17-13)9-6-7-16-8-9/h2-5,9H,6-8H2,1H3/t9-/m1/s1. The predicted molar refractivity (Wildman–Crippen MR) is 69.7 cm³/mol. The highest BCUT2D eigenvalue weighted by Crippen LogP contribution is 2.30. The lowest BCUT2D eigenvalue weighted by molar-refractivity contribution is 0.192. The van der Waals surface area contributed by atoms with Gasteiger partial charge >= 0.3 is 0 Å². The van der Waals surface area contributed by atoms with Crippen LogP contribution in [0.3, 0.4) is 0 Å². The van der Waals surface area contributed by atoms with E-state index in [0.29, 0.717) is 12.5 Å². The van der Waals surface area contributed by atoms with Crippen molar-refractivity contribution < 1.29 is 9.26 Å². The van der Waals surface area contributed by atoms with Crippen LogP contribution in [-0.4, -0.2) is 29.6 Å². The third kappa shape index (κ3) is 2.15. The van der Waals surface area contributed by atoms with Crippen molar-refractivity contribution in [3.05, 3.63) is 30.1 Å². The van der Waals surface area contributed by atoms with Crippen molar-refractivity contribution in [2.75, 3.05) is 19.5 Å². The Balaban J connectivity index is 1.92. The molecule has 1 saturated heterocycles. The van der Waals surface area contributed by atoms with Gasteiger partial charge in [0.1, 0.15) is 0 Å². The zero-order valence-corrected chi connectivity index (χ0v) is 10.9. The first-order chi connectivity index (χ1) is 8.88. The van der Waals surface area contributed by atoms with Gasteiger partial charge in [-0.1, -0.05) is 17.3 Å². The molecule has 2 heterocycles. The average Bonchev–Trinajstić information content (AvgIpc) is 3.09. The van der Waals surface area contributed by atoms with Crippen LogP contribution in [0.15, 0.2) is 33.7 Å². The summed E-state index contributed by atoms with van der Waals surface area (Å²) in [5.41, 5.74) is 1.00. The van der Waals surface area contributed by atoms with Gasteiger partial charge in [0.25, 0.3) is 5.89 Å². The molecule has 1 fully saturated rings. The Kier molecular flexibility index (Phi) is 3.34. The van der Waals surface area contributed by atoms with Crippen LogP contribution in [0.4, 0.5) is 0 Å². The van der Waals surface area contributed by atoms with Crippen molar-refractivity contribution in [1.82, 2.24) is 10.1 Å². The maximum absolute atomic E-state index is 5.38. The number of thioether (sulfide) groups is 1. The molecule has 2 aromatic rings. The summed E-state index contributed by atoms with van der Waals surface area (Å²) in [7, 11) is 0. The Morgan fingerprint density at radius 2 is 2.22 bits per heavy atom. The van der Waals surface area contributed by atoms with E-state index < -0.39 is 0 Å². The van der Waals surface area contributed by atoms with Crippen molar-refractivity contribution in [2.45, 2.75) is 17.2 Å². The van der Waals surface area contributed by atoms with E-state index in [9.17, 15) is 0 Å². The molecule has 5 heteroatoms. The molecule has 4 nitrogen and oxygen atoms in total. The van der Waals surface area contributed by atoms with Gasteiger partial charge in [-0.25, -0.2) is 0 Å². The maximum Gasteiger partial charge on any atom is 0.259 e. The lowest BCUT2D eigenvalue weighted by atomic mass is 10.1. The quantitative estimate of drug-likeness (QED) is 0.796. The SMILES string of the molecule is CSc1ccccc1-c1nc([C@@H]2CCOC2)no1. The number of nitrogens with zero attached hydrogens (tertiary/aromatic N) is 2. The highest BCUT2D eigenvalue weighted by Gasteiger charge is 2.23. The second-order valence-corrected chi connectivity index (χ2v) is 5.07. The summed E-state index contributed by atoms with van der Waals surface area (Å²) < 4.78 is 10.7. The molecule has 3 rings (SSSR count). The van der Waals surface area contributed by atoms with Gasteiger partial charge < -0.3 is 9.26 Å². The highest BCUT2D eigenvalue weighted by molar-refractivity contribution is 7.98. The van der Waals surface area contributed by atoms with Crippen LogP contribution in [0, 0.1) is 0 Å². The molecule has 1 aliphatic rings. The van der Waals surface area contributed by atoms with Gasteiger partial charge in [-0.15, -0.1) is 11.8 Å². The van der Waals surface area contributed by atoms with Crippen LogP contribution < -0.4 is 0 Å². The average molecular weight is 262 g/mol. The van der Waals surface area contributed by atoms with Crippen LogP contribution in [-0.2, 0) is 4.74 Å². The topological polar surface area (TPSA) is 48.2 Å². The van der Waals surface area contributed by atoms with Gasteiger partial charge in [-0.2, -0.15) is 4.98 Å². The number of hydrogen-bond acceptors (Lipinski definition) is 5. The van der Waals surface area contributed by atoms with Gasteiger partial charge in [0.2, 0.25) is 0 Å². The van der Waals surface area contributed by atoms with Crippen molar-refractivity contribution >= 4 is 11.8 Å². The van der Waals surface area contributed by atoms with Gasteiger partial charge in [0.15, 0.2) is 5.82 Å². The first-order valence-corrected chi connectivity index (χ1v) is 7.15. The molecule has 18 heavy (non-hydrogen) atoms. The van der Waals surface area contributed by atoms with Crippen LogP contribution >= 0.6 is 11.8 Å². The Bertz CT molecular complexity index is 535. The number of benzene rings is 1. The lowest BCUT2D eigenvalue weighted by Gasteiger charge is -2.01. The van der Waals surface area contributed by atoms with Gasteiger partial charge in [-0.05, 0) is 24.8 Å². The summed E-state index contributed by atoms with van der Waals surface area (Å²) >= 11 is 1.68. The fourth-order valence-corrected chi connectivity index (χ4v) is 2.66. The maximum atomic E-state index is 5.38. The molecule has 0 saturated carbocycles. The van der Waals surface area contributed by atoms with Crippen LogP contribution in [0.2, 0.25) is 0 Å². The summed E-state index contributed by atoms with van der Waals surface area (Å²) in [5.74, 6) is 1.64. The number of rotatable bonds is 3. The van der Waals surface area contributed by atoms with Crippen LogP contribution in [0.25, 0.3) is 11.5 Å². The van der Waals surface area contributed by atoms with E-state index in [-0.39, 0.29) is 5.92 Å². The molecule has 0 N–H and O–H groups in total. The first-order valence-electron chi connectivity index (χ1n) is 5.93. The van der Waals surface area contributed by atoms with E-state index in [1.165, 1.54) is 0 Å². The molecular formula is C13H14N2O2S. The second-order valence-electron chi connectivity index (χ2n) is 4.22. The molecule has 1 atom stereocenters.